The molecule has 0 unspecified atom stereocenters. The van der Waals surface area contributed by atoms with Crippen molar-refractivity contribution in [2.24, 2.45) is 43.3 Å². The summed E-state index contributed by atoms with van der Waals surface area (Å²) in [5.74, 6) is 13.6. The van der Waals surface area contributed by atoms with Crippen LogP contribution >= 0.6 is 0 Å². The minimum Gasteiger partial charge on any atom is -0.356 e. The number of amides is 1. The average Bonchev–Trinajstić information content (AvgIpc) is 4.14. The van der Waals surface area contributed by atoms with Gasteiger partial charge in [-0.25, -0.2) is 0 Å². The van der Waals surface area contributed by atoms with Gasteiger partial charge in [-0.15, -0.1) is 22.0 Å². The summed E-state index contributed by atoms with van der Waals surface area (Å²) in [5.41, 5.74) is 5.10. The SMILES string of the molecule is C=C(CCCCCCCCCCC(C)(C)C)C(C)(C)C.CC(C)(C)C#CCCCCCn1cc(CC(C)(C)C)nn1.CC(C)(C)C#CCCCCn1cc(CC(C)(C)C)nn1.CC(C)(C)CC(=O)NCCCCCCCCCCC(=O)C(C)(C)C. The monoisotopic (exact) mass is 1180 g/mol. The van der Waals surface area contributed by atoms with E-state index in [1.165, 1.54) is 121 Å². The topological polar surface area (TPSA) is 108 Å². The number of unbranched alkanes of at least 4 members (excludes halogenated alkanes) is 19. The largest absolute Gasteiger partial charge is 0.356 e. The molecule has 0 aliphatic heterocycles. The number of carbonyl (C=O) groups excluding carboxylic acids is 2. The van der Waals surface area contributed by atoms with Gasteiger partial charge in [-0.3, -0.25) is 19.0 Å². The average molecular weight is 1190 g/mol. The summed E-state index contributed by atoms with van der Waals surface area (Å²) < 4.78 is 3.93. The van der Waals surface area contributed by atoms with Crippen LogP contribution in [0.25, 0.3) is 0 Å². The van der Waals surface area contributed by atoms with E-state index in [1.807, 2.05) is 30.1 Å². The summed E-state index contributed by atoms with van der Waals surface area (Å²) in [6, 6.07) is 0. The normalized spacial score (nSPS) is 12.3. The highest BCUT2D eigenvalue weighted by atomic mass is 16.1. The van der Waals surface area contributed by atoms with Crippen LogP contribution in [0.15, 0.2) is 24.5 Å². The lowest BCUT2D eigenvalue weighted by Gasteiger charge is -2.21. The number of nitrogens with zero attached hydrogens (tertiary/aromatic N) is 6. The Labute approximate surface area is 529 Å². The number of carbonyl (C=O) groups is 2. The third kappa shape index (κ3) is 60.4. The van der Waals surface area contributed by atoms with Gasteiger partial charge in [0.05, 0.1) is 11.4 Å². The van der Waals surface area contributed by atoms with E-state index >= 15 is 0 Å². The molecule has 85 heavy (non-hydrogen) atoms. The maximum absolute atomic E-state index is 11.8. The molecule has 2 aromatic heterocycles. The summed E-state index contributed by atoms with van der Waals surface area (Å²) in [6.07, 6.45) is 38.5. The molecule has 0 bridgehead atoms. The minimum absolute atomic E-state index is 0.0710. The summed E-state index contributed by atoms with van der Waals surface area (Å²) in [5, 5.41) is 19.9. The number of nitrogens with one attached hydrogen (secondary N) is 1. The third-order valence-corrected chi connectivity index (χ3v) is 14.0. The van der Waals surface area contributed by atoms with Gasteiger partial charge in [-0.05, 0) is 139 Å². The molecular weight excluding hydrogens is 1040 g/mol. The van der Waals surface area contributed by atoms with Crippen LogP contribution in [-0.4, -0.2) is 48.2 Å². The molecule has 2 aromatic rings. The zero-order valence-corrected chi connectivity index (χ0v) is 61.0. The smallest absolute Gasteiger partial charge is 0.220 e. The van der Waals surface area contributed by atoms with E-state index in [2.05, 4.69) is 214 Å². The first kappa shape index (κ1) is 83.3. The van der Waals surface area contributed by atoms with Gasteiger partial charge in [-0.2, -0.15) is 0 Å². The van der Waals surface area contributed by atoms with Crippen molar-refractivity contribution in [3.8, 4) is 23.7 Å². The second kappa shape index (κ2) is 43.0. The number of ketones is 1. The number of hydrogen-bond donors (Lipinski definition) is 1. The number of hydrogen-bond acceptors (Lipinski definition) is 6. The predicted molar refractivity (Wildman–Crippen MR) is 370 cm³/mol. The minimum atomic E-state index is -0.178. The van der Waals surface area contributed by atoms with Crippen molar-refractivity contribution in [2.45, 2.75) is 365 Å². The van der Waals surface area contributed by atoms with E-state index in [0.717, 1.165) is 95.2 Å². The van der Waals surface area contributed by atoms with Crippen molar-refractivity contribution in [2.75, 3.05) is 6.54 Å². The Bertz CT molecular complexity index is 2160. The van der Waals surface area contributed by atoms with Gasteiger partial charge in [0.2, 0.25) is 5.91 Å². The zero-order valence-electron chi connectivity index (χ0n) is 61.0. The molecule has 1 N–H and O–H groups in total. The van der Waals surface area contributed by atoms with Gasteiger partial charge < -0.3 is 5.32 Å². The molecule has 9 heteroatoms. The van der Waals surface area contributed by atoms with E-state index in [0.29, 0.717) is 23.0 Å². The Morgan fingerprint density at radius 3 is 1.18 bits per heavy atom. The fourth-order valence-corrected chi connectivity index (χ4v) is 9.00. The summed E-state index contributed by atoms with van der Waals surface area (Å²) in [4.78, 5) is 23.5. The van der Waals surface area contributed by atoms with Crippen molar-refractivity contribution in [3.63, 3.8) is 0 Å². The highest BCUT2D eigenvalue weighted by Gasteiger charge is 2.21. The summed E-state index contributed by atoms with van der Waals surface area (Å²) in [6.45, 7) is 59.3. The van der Waals surface area contributed by atoms with Crippen LogP contribution in [-0.2, 0) is 35.5 Å². The van der Waals surface area contributed by atoms with Crippen molar-refractivity contribution >= 4 is 11.7 Å². The maximum atomic E-state index is 11.8. The third-order valence-electron chi connectivity index (χ3n) is 14.0. The molecule has 0 aliphatic carbocycles. The lowest BCUT2D eigenvalue weighted by Crippen LogP contribution is -2.28. The van der Waals surface area contributed by atoms with E-state index in [-0.39, 0.29) is 38.4 Å². The first-order valence-electron chi connectivity index (χ1n) is 34.2. The lowest BCUT2D eigenvalue weighted by atomic mass is 9.84. The fourth-order valence-electron chi connectivity index (χ4n) is 9.00. The van der Waals surface area contributed by atoms with E-state index in [9.17, 15) is 9.59 Å². The predicted octanol–water partition coefficient (Wildman–Crippen LogP) is 21.8. The molecule has 0 saturated carbocycles. The molecule has 0 radical (unpaired) electrons. The first-order chi connectivity index (χ1) is 39.0. The Hall–Kier alpha value is -3.72. The van der Waals surface area contributed by atoms with Crippen LogP contribution in [0.3, 0.4) is 0 Å². The molecule has 0 fully saturated rings. The maximum Gasteiger partial charge on any atom is 0.220 e. The standard InChI is InChI=1S/C21H41NO2.C20H40.C18H31N3.C17H29N3/c1-20(2,3)17-19(24)22-16-14-12-10-8-7-9-11-13-15-18(23)21(4,5)6;1-18(20(5,6)7)16-14-12-10-8-9-11-13-15-17-19(2,3)4;1-17(2,3)12-10-8-7-9-11-13-21-15-16(19-20-21)14-18(4,5)6;1-16(2,3)11-9-7-8-10-12-20-14-15(18-19-20)13-17(4,5)6/h7-17H2,1-6H3,(H,22,24);1,8-17H2,2-7H3;15H,7-9,11,13-14H2,1-6H3;14H,7-8,10,12-13H2,1-6H3. The number of rotatable bonds is 33. The van der Waals surface area contributed by atoms with Gasteiger partial charge in [0.15, 0.2) is 0 Å². The van der Waals surface area contributed by atoms with Crippen molar-refractivity contribution in [3.05, 3.63) is 35.9 Å². The Morgan fingerprint density at radius 2 is 0.800 bits per heavy atom. The van der Waals surface area contributed by atoms with Gasteiger partial charge in [0.1, 0.15) is 5.78 Å². The number of allylic oxidation sites excluding steroid dienone is 1. The second-order valence-corrected chi connectivity index (χ2v) is 33.9. The van der Waals surface area contributed by atoms with Crippen LogP contribution < -0.4 is 5.32 Å². The van der Waals surface area contributed by atoms with E-state index < -0.39 is 0 Å². The molecule has 0 atom stereocenters. The molecule has 0 spiro atoms. The van der Waals surface area contributed by atoms with Crippen molar-refractivity contribution < 1.29 is 9.59 Å². The van der Waals surface area contributed by atoms with E-state index in [4.69, 9.17) is 0 Å². The van der Waals surface area contributed by atoms with Crippen LogP contribution in [0.1, 0.15) is 351 Å². The molecule has 9 nitrogen and oxygen atoms in total. The summed E-state index contributed by atoms with van der Waals surface area (Å²) >= 11 is 0. The van der Waals surface area contributed by atoms with Gasteiger partial charge in [-0.1, -0.05) is 249 Å². The highest BCUT2D eigenvalue weighted by Crippen LogP contribution is 2.29. The van der Waals surface area contributed by atoms with Crippen molar-refractivity contribution in [1.82, 2.24) is 35.3 Å². The van der Waals surface area contributed by atoms with Gasteiger partial charge >= 0.3 is 0 Å². The Balaban J connectivity index is 0. The molecule has 0 saturated heterocycles. The first-order valence-corrected chi connectivity index (χ1v) is 34.2. The number of aryl methyl sites for hydroxylation is 2. The number of Topliss-reactive ketones (excluding diaryl/α,β-unsaturated/α-hetero) is 1. The lowest BCUT2D eigenvalue weighted by molar-refractivity contribution is -0.126. The van der Waals surface area contributed by atoms with E-state index in [1.54, 1.807) is 0 Å². The number of aromatic nitrogens is 6. The van der Waals surface area contributed by atoms with Crippen LogP contribution in [0.5, 0.6) is 0 Å². The molecule has 0 aromatic carbocycles. The fraction of sp³-hybridized carbons (Fsp3) is 0.842. The Kier molecular flexibility index (Phi) is 42.2. The highest BCUT2D eigenvalue weighted by molar-refractivity contribution is 5.83. The zero-order chi connectivity index (χ0) is 65.4. The molecule has 492 valence electrons. The quantitative estimate of drug-likeness (QED) is 0.0433. The molecular formula is C76H141N7O2. The molecule has 1 amide bonds. The van der Waals surface area contributed by atoms with Gasteiger partial charge in [0, 0.05) is 74.0 Å². The molecule has 0 aliphatic rings. The molecule has 2 heterocycles. The van der Waals surface area contributed by atoms with Gasteiger partial charge in [0.25, 0.3) is 0 Å². The van der Waals surface area contributed by atoms with Crippen molar-refractivity contribution in [1.29, 1.82) is 0 Å². The summed E-state index contributed by atoms with van der Waals surface area (Å²) in [7, 11) is 0. The molecule has 2 rings (SSSR count). The van der Waals surface area contributed by atoms with Crippen LogP contribution in [0, 0.1) is 67.0 Å². The Morgan fingerprint density at radius 1 is 0.435 bits per heavy atom. The van der Waals surface area contributed by atoms with Crippen LogP contribution in [0.2, 0.25) is 0 Å². The second-order valence-electron chi connectivity index (χ2n) is 33.9. The van der Waals surface area contributed by atoms with Crippen LogP contribution in [0.4, 0.5) is 0 Å².